The fourth-order valence-electron chi connectivity index (χ4n) is 3.95. The van der Waals surface area contributed by atoms with Crippen molar-refractivity contribution in [3.05, 3.63) is 83.4 Å². The lowest BCUT2D eigenvalue weighted by Crippen LogP contribution is -2.36. The van der Waals surface area contributed by atoms with Gasteiger partial charge in [0.05, 0.1) is 6.42 Å². The maximum atomic E-state index is 12.9. The largest absolute Gasteiger partial charge is 0.322 e. The third kappa shape index (κ3) is 3.90. The van der Waals surface area contributed by atoms with Gasteiger partial charge in [-0.05, 0) is 60.4 Å². The number of carbonyl (C=O) groups is 2. The zero-order valence-corrected chi connectivity index (χ0v) is 16.8. The summed E-state index contributed by atoms with van der Waals surface area (Å²) in [6.07, 6.45) is 2.32. The van der Waals surface area contributed by atoms with Crippen LogP contribution in [0.4, 0.5) is 11.4 Å². The Kier molecular flexibility index (Phi) is 4.92. The Labute approximate surface area is 179 Å². The molecule has 7 nitrogen and oxygen atoms in total. The molecule has 0 fully saturated rings. The number of para-hydroxylation sites is 1. The molecule has 0 unspecified atom stereocenters. The van der Waals surface area contributed by atoms with Gasteiger partial charge >= 0.3 is 0 Å². The number of aromatic nitrogens is 3. The molecular weight excluding hydrogens is 390 g/mol. The quantitative estimate of drug-likeness (QED) is 0.535. The summed E-state index contributed by atoms with van der Waals surface area (Å²) in [5, 5.41) is 13.4. The summed E-state index contributed by atoms with van der Waals surface area (Å²) in [7, 11) is 0. The molecule has 1 aliphatic rings. The summed E-state index contributed by atoms with van der Waals surface area (Å²) in [5.74, 6) is -0.136. The average Bonchev–Trinajstić information content (AvgIpc) is 3.28. The molecule has 5 rings (SSSR count). The number of nitrogens with one attached hydrogen (secondary N) is 2. The van der Waals surface area contributed by atoms with Crippen LogP contribution in [0.2, 0.25) is 0 Å². The van der Waals surface area contributed by atoms with Crippen molar-refractivity contribution in [2.75, 3.05) is 16.8 Å². The minimum Gasteiger partial charge on any atom is -0.322 e. The summed E-state index contributed by atoms with van der Waals surface area (Å²) < 4.78 is 0. The van der Waals surface area contributed by atoms with Gasteiger partial charge in [-0.2, -0.15) is 15.4 Å². The molecule has 1 aliphatic heterocycles. The Morgan fingerprint density at radius 2 is 1.77 bits per heavy atom. The molecule has 2 heterocycles. The second-order valence-corrected chi connectivity index (χ2v) is 7.63. The topological polar surface area (TPSA) is 91.0 Å². The van der Waals surface area contributed by atoms with E-state index in [2.05, 4.69) is 26.8 Å². The van der Waals surface area contributed by atoms with E-state index in [9.17, 15) is 9.59 Å². The van der Waals surface area contributed by atoms with Crippen molar-refractivity contribution in [2.45, 2.75) is 19.3 Å². The lowest BCUT2D eigenvalue weighted by molar-refractivity contribution is -0.118. The van der Waals surface area contributed by atoms with Crippen molar-refractivity contribution in [3.8, 4) is 0 Å². The van der Waals surface area contributed by atoms with Crippen LogP contribution in [0.5, 0.6) is 0 Å². The fraction of sp³-hybridized carbons (Fsp3) is 0.167. The molecule has 31 heavy (non-hydrogen) atoms. The normalized spacial score (nSPS) is 13.1. The highest BCUT2D eigenvalue weighted by molar-refractivity contribution is 6.05. The number of aromatic amines is 1. The number of benzene rings is 3. The maximum Gasteiger partial charge on any atom is 0.255 e. The van der Waals surface area contributed by atoms with E-state index in [0.29, 0.717) is 28.7 Å². The molecule has 154 valence electrons. The van der Waals surface area contributed by atoms with Crippen LogP contribution in [0.25, 0.3) is 11.0 Å². The van der Waals surface area contributed by atoms with Crippen LogP contribution in [-0.2, 0) is 17.6 Å². The number of hydrogen-bond acceptors (Lipinski definition) is 4. The molecule has 0 bridgehead atoms. The SMILES string of the molecule is O=C(Nc1ccc(CC(=O)N2CCCc3ccccc32)cc1)c1ccc2n[nH]nc2c1. The van der Waals surface area contributed by atoms with E-state index < -0.39 is 0 Å². The molecule has 0 spiro atoms. The number of rotatable bonds is 4. The zero-order chi connectivity index (χ0) is 21.2. The lowest BCUT2D eigenvalue weighted by atomic mass is 10.0. The van der Waals surface area contributed by atoms with E-state index in [1.807, 2.05) is 47.4 Å². The molecule has 0 atom stereocenters. The molecule has 2 amide bonds. The number of aryl methyl sites for hydroxylation is 1. The van der Waals surface area contributed by atoms with Gasteiger partial charge in [-0.25, -0.2) is 0 Å². The van der Waals surface area contributed by atoms with Crippen molar-refractivity contribution in [2.24, 2.45) is 0 Å². The lowest BCUT2D eigenvalue weighted by Gasteiger charge is -2.29. The molecular formula is C24H21N5O2. The molecule has 1 aromatic heterocycles. The van der Waals surface area contributed by atoms with Gasteiger partial charge in [-0.3, -0.25) is 9.59 Å². The molecule has 3 aromatic carbocycles. The van der Waals surface area contributed by atoms with Gasteiger partial charge < -0.3 is 10.2 Å². The second kappa shape index (κ2) is 8.02. The number of carbonyl (C=O) groups excluding carboxylic acids is 2. The highest BCUT2D eigenvalue weighted by atomic mass is 16.2. The van der Waals surface area contributed by atoms with Gasteiger partial charge in [0, 0.05) is 23.5 Å². The Hall–Kier alpha value is -4.00. The van der Waals surface area contributed by atoms with Crippen LogP contribution >= 0.6 is 0 Å². The van der Waals surface area contributed by atoms with Crippen molar-refractivity contribution in [1.29, 1.82) is 0 Å². The predicted octanol–water partition coefficient (Wildman–Crippen LogP) is 3.73. The number of amides is 2. The van der Waals surface area contributed by atoms with E-state index in [1.165, 1.54) is 5.56 Å². The number of fused-ring (bicyclic) bond motifs is 2. The summed E-state index contributed by atoms with van der Waals surface area (Å²) in [5.41, 5.74) is 5.68. The fourth-order valence-corrected chi connectivity index (χ4v) is 3.95. The predicted molar refractivity (Wildman–Crippen MR) is 119 cm³/mol. The van der Waals surface area contributed by atoms with Crippen LogP contribution in [0, 0.1) is 0 Å². The third-order valence-electron chi connectivity index (χ3n) is 5.56. The number of anilines is 2. The smallest absolute Gasteiger partial charge is 0.255 e. The highest BCUT2D eigenvalue weighted by Crippen LogP contribution is 2.27. The van der Waals surface area contributed by atoms with Gasteiger partial charge in [0.15, 0.2) is 0 Å². The molecule has 4 aromatic rings. The zero-order valence-electron chi connectivity index (χ0n) is 16.8. The number of nitrogens with zero attached hydrogens (tertiary/aromatic N) is 3. The van der Waals surface area contributed by atoms with E-state index >= 15 is 0 Å². The molecule has 0 saturated carbocycles. The van der Waals surface area contributed by atoms with Crippen molar-refractivity contribution in [1.82, 2.24) is 15.4 Å². The molecule has 7 heteroatoms. The Bertz CT molecular complexity index is 1260. The molecule has 0 radical (unpaired) electrons. The standard InChI is InChI=1S/C24H21N5O2/c30-23(29-13-3-5-17-4-1-2-6-22(17)29)14-16-7-10-19(11-8-16)25-24(31)18-9-12-20-21(15-18)27-28-26-20/h1-2,4,6-12,15H,3,5,13-14H2,(H,25,31)(H,26,27,28). The van der Waals surface area contributed by atoms with Gasteiger partial charge in [0.25, 0.3) is 5.91 Å². The van der Waals surface area contributed by atoms with E-state index in [1.54, 1.807) is 18.2 Å². The monoisotopic (exact) mass is 411 g/mol. The molecule has 0 aliphatic carbocycles. The first-order chi connectivity index (χ1) is 15.2. The summed E-state index contributed by atoms with van der Waals surface area (Å²) >= 11 is 0. The van der Waals surface area contributed by atoms with Crippen LogP contribution in [0.15, 0.2) is 66.7 Å². The number of hydrogen-bond donors (Lipinski definition) is 2. The van der Waals surface area contributed by atoms with E-state index in [-0.39, 0.29) is 11.8 Å². The van der Waals surface area contributed by atoms with E-state index in [0.717, 1.165) is 30.6 Å². The van der Waals surface area contributed by atoms with Crippen molar-refractivity contribution >= 4 is 34.2 Å². The summed E-state index contributed by atoms with van der Waals surface area (Å²) in [4.78, 5) is 27.3. The Balaban J connectivity index is 1.25. The minimum absolute atomic E-state index is 0.0878. The van der Waals surface area contributed by atoms with Crippen LogP contribution < -0.4 is 10.2 Å². The second-order valence-electron chi connectivity index (χ2n) is 7.63. The Morgan fingerprint density at radius 1 is 0.968 bits per heavy atom. The van der Waals surface area contributed by atoms with Crippen LogP contribution in [-0.4, -0.2) is 33.8 Å². The molecule has 2 N–H and O–H groups in total. The molecule has 0 saturated heterocycles. The van der Waals surface area contributed by atoms with Gasteiger partial charge in [-0.15, -0.1) is 0 Å². The summed E-state index contributed by atoms with van der Waals surface area (Å²) in [6.45, 7) is 0.750. The van der Waals surface area contributed by atoms with Crippen molar-refractivity contribution < 1.29 is 9.59 Å². The third-order valence-corrected chi connectivity index (χ3v) is 5.56. The Morgan fingerprint density at radius 3 is 2.65 bits per heavy atom. The first kappa shape index (κ1) is 19.0. The average molecular weight is 411 g/mol. The maximum absolute atomic E-state index is 12.9. The first-order valence-electron chi connectivity index (χ1n) is 10.3. The summed E-state index contributed by atoms with van der Waals surface area (Å²) in [6, 6.07) is 20.6. The number of H-pyrrole nitrogens is 1. The first-order valence-corrected chi connectivity index (χ1v) is 10.3. The van der Waals surface area contributed by atoms with Crippen LogP contribution in [0.1, 0.15) is 27.9 Å². The minimum atomic E-state index is -0.223. The van der Waals surface area contributed by atoms with E-state index in [4.69, 9.17) is 0 Å². The van der Waals surface area contributed by atoms with Gasteiger partial charge in [0.2, 0.25) is 5.91 Å². The highest BCUT2D eigenvalue weighted by Gasteiger charge is 2.22. The van der Waals surface area contributed by atoms with Crippen molar-refractivity contribution in [3.63, 3.8) is 0 Å². The van der Waals surface area contributed by atoms with Gasteiger partial charge in [0.1, 0.15) is 11.0 Å². The van der Waals surface area contributed by atoms with Crippen LogP contribution in [0.3, 0.4) is 0 Å². The van der Waals surface area contributed by atoms with Gasteiger partial charge in [-0.1, -0.05) is 30.3 Å².